The van der Waals surface area contributed by atoms with Crippen LogP contribution in [0.25, 0.3) is 6.08 Å². The molecule has 2 rings (SSSR count). The van der Waals surface area contributed by atoms with Crippen LogP contribution in [0.3, 0.4) is 0 Å². The first kappa shape index (κ1) is 11.8. The summed E-state index contributed by atoms with van der Waals surface area (Å²) in [6, 6.07) is 6.80. The molecule has 0 aliphatic carbocycles. The quantitative estimate of drug-likeness (QED) is 0.513. The Balaban J connectivity index is 2.20. The lowest BCUT2D eigenvalue weighted by Gasteiger charge is -2.01. The Kier molecular flexibility index (Phi) is 3.09. The van der Waals surface area contributed by atoms with Gasteiger partial charge in [0.15, 0.2) is 0 Å². The van der Waals surface area contributed by atoms with Crippen molar-refractivity contribution in [2.24, 2.45) is 0 Å². The zero-order valence-electron chi connectivity index (χ0n) is 9.61. The molecular weight excluding hydrogens is 234 g/mol. The molecule has 6 nitrogen and oxygen atoms in total. The zero-order valence-corrected chi connectivity index (χ0v) is 9.61. The molecular formula is C12H11N3O3. The van der Waals surface area contributed by atoms with Crippen molar-refractivity contribution in [3.05, 3.63) is 35.4 Å². The Hall–Kier alpha value is -2.63. The van der Waals surface area contributed by atoms with Gasteiger partial charge in [0.05, 0.1) is 0 Å². The van der Waals surface area contributed by atoms with Gasteiger partial charge in [-0.15, -0.1) is 0 Å². The molecule has 0 unspecified atom stereocenters. The predicted octanol–water partition coefficient (Wildman–Crippen LogP) is 0.189. The first-order chi connectivity index (χ1) is 8.56. The van der Waals surface area contributed by atoms with Gasteiger partial charge < -0.3 is 5.32 Å². The Morgan fingerprint density at radius 1 is 1.11 bits per heavy atom. The van der Waals surface area contributed by atoms with E-state index in [9.17, 15) is 14.4 Å². The van der Waals surface area contributed by atoms with Crippen molar-refractivity contribution in [2.75, 3.05) is 5.32 Å². The van der Waals surface area contributed by atoms with Crippen LogP contribution in [0.15, 0.2) is 29.8 Å². The number of hydrogen-bond donors (Lipinski definition) is 3. The third-order valence-electron chi connectivity index (χ3n) is 2.32. The van der Waals surface area contributed by atoms with Crippen LogP contribution in [-0.4, -0.2) is 17.7 Å². The lowest BCUT2D eigenvalue weighted by atomic mass is 10.1. The van der Waals surface area contributed by atoms with Crippen LogP contribution in [0.5, 0.6) is 0 Å². The first-order valence-corrected chi connectivity index (χ1v) is 5.26. The number of anilines is 1. The third kappa shape index (κ3) is 2.54. The minimum Gasteiger partial charge on any atom is -0.326 e. The Morgan fingerprint density at radius 3 is 2.17 bits per heavy atom. The van der Waals surface area contributed by atoms with Gasteiger partial charge in [-0.2, -0.15) is 0 Å². The fourth-order valence-corrected chi connectivity index (χ4v) is 1.52. The normalized spacial score (nSPS) is 13.9. The highest BCUT2D eigenvalue weighted by molar-refractivity contribution is 6.25. The molecule has 1 aromatic carbocycles. The molecule has 0 bridgehead atoms. The number of hydrazine groups is 1. The first-order valence-electron chi connectivity index (χ1n) is 5.26. The number of rotatable bonds is 2. The van der Waals surface area contributed by atoms with Gasteiger partial charge in [-0.1, -0.05) is 12.1 Å². The molecule has 1 aromatic rings. The fourth-order valence-electron chi connectivity index (χ4n) is 1.52. The molecule has 3 N–H and O–H groups in total. The summed E-state index contributed by atoms with van der Waals surface area (Å²) < 4.78 is 0. The van der Waals surface area contributed by atoms with Gasteiger partial charge in [-0.25, -0.2) is 0 Å². The highest BCUT2D eigenvalue weighted by Crippen LogP contribution is 2.13. The lowest BCUT2D eigenvalue weighted by molar-refractivity contribution is -0.117. The van der Waals surface area contributed by atoms with Gasteiger partial charge in [0, 0.05) is 12.6 Å². The van der Waals surface area contributed by atoms with E-state index in [0.29, 0.717) is 11.3 Å². The summed E-state index contributed by atoms with van der Waals surface area (Å²) in [7, 11) is 0. The van der Waals surface area contributed by atoms with E-state index in [1.165, 1.54) is 13.0 Å². The molecule has 0 atom stereocenters. The Bertz CT molecular complexity index is 528. The molecule has 1 fully saturated rings. The summed E-state index contributed by atoms with van der Waals surface area (Å²) in [5, 5.41) is 2.62. The van der Waals surface area contributed by atoms with Crippen LogP contribution in [0, 0.1) is 0 Å². The van der Waals surface area contributed by atoms with E-state index in [1.807, 2.05) is 0 Å². The summed E-state index contributed by atoms with van der Waals surface area (Å²) in [6.07, 6.45) is 1.48. The van der Waals surface area contributed by atoms with Crippen LogP contribution in [0.2, 0.25) is 0 Å². The van der Waals surface area contributed by atoms with Crippen molar-refractivity contribution < 1.29 is 14.4 Å². The molecule has 1 aliphatic rings. The molecule has 0 radical (unpaired) electrons. The SMILES string of the molecule is CC(=O)Nc1ccc(C=C2C(=O)NNC2=O)cc1. The standard InChI is InChI=1S/C12H11N3O3/c1-7(16)13-9-4-2-8(3-5-9)6-10-11(17)14-15-12(10)18/h2-6H,1H3,(H,13,16)(H,14,17)(H,15,18). The van der Waals surface area contributed by atoms with Gasteiger partial charge >= 0.3 is 0 Å². The highest BCUT2D eigenvalue weighted by atomic mass is 16.2. The van der Waals surface area contributed by atoms with Crippen LogP contribution in [-0.2, 0) is 14.4 Å². The monoisotopic (exact) mass is 245 g/mol. The van der Waals surface area contributed by atoms with Crippen LogP contribution >= 0.6 is 0 Å². The maximum atomic E-state index is 11.3. The van der Waals surface area contributed by atoms with Gasteiger partial charge in [-0.05, 0) is 23.8 Å². The maximum Gasteiger partial charge on any atom is 0.275 e. The summed E-state index contributed by atoms with van der Waals surface area (Å²) in [4.78, 5) is 33.4. The molecule has 1 aliphatic heterocycles. The van der Waals surface area contributed by atoms with E-state index in [0.717, 1.165) is 0 Å². The van der Waals surface area contributed by atoms with E-state index < -0.39 is 11.8 Å². The van der Waals surface area contributed by atoms with Crippen molar-refractivity contribution in [1.82, 2.24) is 10.9 Å². The Labute approximate surface area is 103 Å². The molecule has 92 valence electrons. The van der Waals surface area contributed by atoms with Crippen molar-refractivity contribution in [2.45, 2.75) is 6.92 Å². The average molecular weight is 245 g/mol. The predicted molar refractivity (Wildman–Crippen MR) is 65.0 cm³/mol. The highest BCUT2D eigenvalue weighted by Gasteiger charge is 2.24. The minimum absolute atomic E-state index is 0.0577. The van der Waals surface area contributed by atoms with Crippen molar-refractivity contribution >= 4 is 29.5 Å². The van der Waals surface area contributed by atoms with E-state index in [-0.39, 0.29) is 11.5 Å². The van der Waals surface area contributed by atoms with E-state index in [2.05, 4.69) is 16.2 Å². The Morgan fingerprint density at radius 2 is 1.67 bits per heavy atom. The van der Waals surface area contributed by atoms with Crippen molar-refractivity contribution in [3.8, 4) is 0 Å². The number of benzene rings is 1. The largest absolute Gasteiger partial charge is 0.326 e. The fraction of sp³-hybridized carbons (Fsp3) is 0.0833. The molecule has 18 heavy (non-hydrogen) atoms. The second-order valence-corrected chi connectivity index (χ2v) is 3.77. The maximum absolute atomic E-state index is 11.3. The summed E-state index contributed by atoms with van der Waals surface area (Å²) >= 11 is 0. The molecule has 6 heteroatoms. The number of hydrogen-bond acceptors (Lipinski definition) is 3. The summed E-state index contributed by atoms with van der Waals surface area (Å²) in [6.45, 7) is 1.42. The number of carbonyl (C=O) groups is 3. The van der Waals surface area contributed by atoms with Gasteiger partial charge in [0.2, 0.25) is 5.91 Å². The molecule has 1 saturated heterocycles. The van der Waals surface area contributed by atoms with Crippen LogP contribution < -0.4 is 16.2 Å². The van der Waals surface area contributed by atoms with Gasteiger partial charge in [0.1, 0.15) is 5.57 Å². The van der Waals surface area contributed by atoms with E-state index in [1.54, 1.807) is 24.3 Å². The topological polar surface area (TPSA) is 87.3 Å². The number of nitrogens with one attached hydrogen (secondary N) is 3. The van der Waals surface area contributed by atoms with Gasteiger partial charge in [0.25, 0.3) is 11.8 Å². The second kappa shape index (κ2) is 4.70. The van der Waals surface area contributed by atoms with E-state index >= 15 is 0 Å². The minimum atomic E-state index is -0.453. The van der Waals surface area contributed by atoms with Crippen LogP contribution in [0.1, 0.15) is 12.5 Å². The molecule has 0 spiro atoms. The summed E-state index contributed by atoms with van der Waals surface area (Å²) in [5.41, 5.74) is 5.84. The van der Waals surface area contributed by atoms with Gasteiger partial charge in [-0.3, -0.25) is 25.2 Å². The lowest BCUT2D eigenvalue weighted by Crippen LogP contribution is -2.28. The molecule has 0 aromatic heterocycles. The smallest absolute Gasteiger partial charge is 0.275 e. The molecule has 1 heterocycles. The molecule has 0 saturated carbocycles. The third-order valence-corrected chi connectivity index (χ3v) is 2.32. The van der Waals surface area contributed by atoms with Crippen LogP contribution in [0.4, 0.5) is 5.69 Å². The van der Waals surface area contributed by atoms with Crippen molar-refractivity contribution in [3.63, 3.8) is 0 Å². The average Bonchev–Trinajstić information content (AvgIpc) is 2.63. The molecule has 3 amide bonds. The number of carbonyl (C=O) groups excluding carboxylic acids is 3. The van der Waals surface area contributed by atoms with Crippen molar-refractivity contribution in [1.29, 1.82) is 0 Å². The second-order valence-electron chi connectivity index (χ2n) is 3.77. The van der Waals surface area contributed by atoms with E-state index in [4.69, 9.17) is 0 Å². The summed E-state index contributed by atoms with van der Waals surface area (Å²) in [5.74, 6) is -1.06. The zero-order chi connectivity index (χ0) is 13.1. The number of amides is 3.